The molecule has 0 fully saturated rings. The number of thiophene rings is 1. The molecule has 1 N–H and O–H groups in total. The number of rotatable bonds is 6. The van der Waals surface area contributed by atoms with E-state index in [4.69, 9.17) is 9.47 Å². The Labute approximate surface area is 167 Å². The van der Waals surface area contributed by atoms with Crippen LogP contribution in [0.25, 0.3) is 11.3 Å². The molecule has 1 aromatic carbocycles. The van der Waals surface area contributed by atoms with Crippen molar-refractivity contribution >= 4 is 17.2 Å². The van der Waals surface area contributed by atoms with Gasteiger partial charge in [0.15, 0.2) is 18.1 Å². The molecule has 2 aromatic heterocycles. The predicted octanol–water partition coefficient (Wildman–Crippen LogP) is 3.61. The second-order valence-corrected chi connectivity index (χ2v) is 7.99. The highest BCUT2D eigenvalue weighted by molar-refractivity contribution is 7.08. The molecule has 144 valence electrons. The van der Waals surface area contributed by atoms with E-state index in [1.165, 1.54) is 0 Å². The number of carbonyl (C=O) groups excluding carboxylic acids is 1. The minimum atomic E-state index is -0.256. The summed E-state index contributed by atoms with van der Waals surface area (Å²) in [5.74, 6) is 1.10. The Balaban J connectivity index is 1.37. The zero-order valence-electron chi connectivity index (χ0n) is 15.8. The highest BCUT2D eigenvalue weighted by atomic mass is 32.1. The van der Waals surface area contributed by atoms with E-state index in [9.17, 15) is 4.79 Å². The van der Waals surface area contributed by atoms with Gasteiger partial charge in [-0.1, -0.05) is 12.1 Å². The van der Waals surface area contributed by atoms with E-state index in [-0.39, 0.29) is 24.7 Å². The summed E-state index contributed by atoms with van der Waals surface area (Å²) in [5, 5.41) is 6.85. The molecule has 3 aromatic rings. The number of fused-ring (bicyclic) bond motifs is 1. The van der Waals surface area contributed by atoms with Gasteiger partial charge in [0.1, 0.15) is 5.60 Å². The first-order valence-corrected chi connectivity index (χ1v) is 9.99. The highest BCUT2D eigenvalue weighted by Crippen LogP contribution is 2.41. The molecule has 1 aliphatic heterocycles. The van der Waals surface area contributed by atoms with Crippen LogP contribution < -0.4 is 14.8 Å². The highest BCUT2D eigenvalue weighted by Gasteiger charge is 2.32. The van der Waals surface area contributed by atoms with Crippen molar-refractivity contribution < 1.29 is 14.3 Å². The predicted molar refractivity (Wildman–Crippen MR) is 108 cm³/mol. The largest absolute Gasteiger partial charge is 0.483 e. The number of hydrogen-bond donors (Lipinski definition) is 1. The fraction of sp³-hybridized carbons (Fsp3) is 0.286. The second kappa shape index (κ2) is 7.59. The molecule has 1 amide bonds. The van der Waals surface area contributed by atoms with Gasteiger partial charge in [-0.15, -0.1) is 0 Å². The lowest BCUT2D eigenvalue weighted by Gasteiger charge is -2.18. The Morgan fingerprint density at radius 1 is 1.29 bits per heavy atom. The summed E-state index contributed by atoms with van der Waals surface area (Å²) < 4.78 is 11.7. The molecule has 3 heterocycles. The minimum Gasteiger partial charge on any atom is -0.483 e. The van der Waals surface area contributed by atoms with Gasteiger partial charge in [0.05, 0.1) is 17.9 Å². The standard InChI is InChI=1S/C21H21N3O3S/c1-21(2)10-14-4-3-5-17(20(14)27-21)26-12-18(25)24-11-16-19(23-8-7-22-16)15-6-9-28-13-15/h3-9,13H,10-12H2,1-2H3,(H,24,25). The van der Waals surface area contributed by atoms with Crippen molar-refractivity contribution in [3.05, 3.63) is 58.7 Å². The summed E-state index contributed by atoms with van der Waals surface area (Å²) in [5.41, 5.74) is 3.34. The molecule has 0 atom stereocenters. The summed E-state index contributed by atoms with van der Waals surface area (Å²) in [6, 6.07) is 7.76. The van der Waals surface area contributed by atoms with E-state index in [0.717, 1.165) is 34.7 Å². The fourth-order valence-corrected chi connectivity index (χ4v) is 3.85. The van der Waals surface area contributed by atoms with Gasteiger partial charge in [-0.05, 0) is 31.4 Å². The summed E-state index contributed by atoms with van der Waals surface area (Å²) >= 11 is 1.60. The first-order valence-electron chi connectivity index (χ1n) is 9.05. The summed E-state index contributed by atoms with van der Waals surface area (Å²) in [6.07, 6.45) is 4.10. The van der Waals surface area contributed by atoms with E-state index in [2.05, 4.69) is 15.3 Å². The summed E-state index contributed by atoms with van der Waals surface area (Å²) in [6.45, 7) is 4.27. The summed E-state index contributed by atoms with van der Waals surface area (Å²) in [4.78, 5) is 21.0. The smallest absolute Gasteiger partial charge is 0.258 e. The van der Waals surface area contributed by atoms with Gasteiger partial charge in [0, 0.05) is 35.3 Å². The quantitative estimate of drug-likeness (QED) is 0.690. The molecule has 1 aliphatic rings. The topological polar surface area (TPSA) is 73.3 Å². The summed E-state index contributed by atoms with van der Waals surface area (Å²) in [7, 11) is 0. The number of carbonyl (C=O) groups is 1. The SMILES string of the molecule is CC1(C)Cc2cccc(OCC(=O)NCc3nccnc3-c3ccsc3)c2O1. The number of ether oxygens (including phenoxy) is 2. The van der Waals surface area contributed by atoms with Gasteiger partial charge >= 0.3 is 0 Å². The number of hydrogen-bond acceptors (Lipinski definition) is 6. The van der Waals surface area contributed by atoms with Gasteiger partial charge in [0.25, 0.3) is 5.91 Å². The van der Waals surface area contributed by atoms with Gasteiger partial charge in [-0.2, -0.15) is 11.3 Å². The van der Waals surface area contributed by atoms with Gasteiger partial charge in [-0.3, -0.25) is 14.8 Å². The van der Waals surface area contributed by atoms with E-state index >= 15 is 0 Å². The van der Waals surface area contributed by atoms with E-state index in [0.29, 0.717) is 5.75 Å². The van der Waals surface area contributed by atoms with Crippen molar-refractivity contribution in [2.45, 2.75) is 32.4 Å². The number of nitrogens with zero attached hydrogens (tertiary/aromatic N) is 2. The molecule has 0 radical (unpaired) electrons. The van der Waals surface area contributed by atoms with Gasteiger partial charge in [-0.25, -0.2) is 0 Å². The van der Waals surface area contributed by atoms with Crippen LogP contribution in [0.2, 0.25) is 0 Å². The number of benzene rings is 1. The monoisotopic (exact) mass is 395 g/mol. The van der Waals surface area contributed by atoms with Crippen LogP contribution in [-0.4, -0.2) is 28.1 Å². The molecule has 7 heteroatoms. The fourth-order valence-electron chi connectivity index (χ4n) is 3.21. The molecule has 28 heavy (non-hydrogen) atoms. The van der Waals surface area contributed by atoms with E-state index in [1.54, 1.807) is 23.7 Å². The van der Waals surface area contributed by atoms with Crippen LogP contribution in [0, 0.1) is 0 Å². The van der Waals surface area contributed by atoms with Crippen LogP contribution >= 0.6 is 11.3 Å². The maximum Gasteiger partial charge on any atom is 0.258 e. The maximum absolute atomic E-state index is 12.3. The third kappa shape index (κ3) is 3.99. The Bertz CT molecular complexity index is 986. The Morgan fingerprint density at radius 3 is 2.96 bits per heavy atom. The third-order valence-corrected chi connectivity index (χ3v) is 5.12. The van der Waals surface area contributed by atoms with Crippen molar-refractivity contribution in [1.82, 2.24) is 15.3 Å². The normalized spacial score (nSPS) is 14.2. The van der Waals surface area contributed by atoms with Crippen LogP contribution in [-0.2, 0) is 17.8 Å². The minimum absolute atomic E-state index is 0.0890. The zero-order chi connectivity index (χ0) is 19.6. The van der Waals surface area contributed by atoms with Crippen LogP contribution in [0.15, 0.2) is 47.4 Å². The Hall–Kier alpha value is -2.93. The number of amides is 1. The molecular formula is C21H21N3O3S. The number of aromatic nitrogens is 2. The lowest BCUT2D eigenvalue weighted by atomic mass is 10.0. The molecule has 0 saturated heterocycles. The van der Waals surface area contributed by atoms with Crippen molar-refractivity contribution in [3.8, 4) is 22.8 Å². The molecule has 0 saturated carbocycles. The first-order chi connectivity index (χ1) is 13.5. The van der Waals surface area contributed by atoms with Crippen LogP contribution in [0.1, 0.15) is 25.1 Å². The van der Waals surface area contributed by atoms with Crippen LogP contribution in [0.5, 0.6) is 11.5 Å². The molecule has 0 unspecified atom stereocenters. The van der Waals surface area contributed by atoms with Crippen molar-refractivity contribution in [1.29, 1.82) is 0 Å². The number of nitrogens with one attached hydrogen (secondary N) is 1. The Kier molecular flexibility index (Phi) is 5.00. The Morgan fingerprint density at radius 2 is 2.14 bits per heavy atom. The van der Waals surface area contributed by atoms with Crippen molar-refractivity contribution in [2.24, 2.45) is 0 Å². The molecule has 6 nitrogen and oxygen atoms in total. The molecule has 4 rings (SSSR count). The first kappa shape index (κ1) is 18.4. The van der Waals surface area contributed by atoms with E-state index < -0.39 is 0 Å². The zero-order valence-corrected chi connectivity index (χ0v) is 16.6. The maximum atomic E-state index is 12.3. The van der Waals surface area contributed by atoms with Crippen molar-refractivity contribution in [2.75, 3.05) is 6.61 Å². The molecule has 0 spiro atoms. The average molecular weight is 395 g/mol. The lowest BCUT2D eigenvalue weighted by Crippen LogP contribution is -2.29. The second-order valence-electron chi connectivity index (χ2n) is 7.21. The molecule has 0 bridgehead atoms. The number of para-hydroxylation sites is 1. The van der Waals surface area contributed by atoms with Gasteiger partial charge in [0.2, 0.25) is 0 Å². The lowest BCUT2D eigenvalue weighted by molar-refractivity contribution is -0.123. The molecule has 0 aliphatic carbocycles. The third-order valence-electron chi connectivity index (χ3n) is 4.44. The molecular weight excluding hydrogens is 374 g/mol. The van der Waals surface area contributed by atoms with Crippen LogP contribution in [0.4, 0.5) is 0 Å². The van der Waals surface area contributed by atoms with Gasteiger partial charge < -0.3 is 14.8 Å². The van der Waals surface area contributed by atoms with E-state index in [1.807, 2.05) is 48.9 Å². The van der Waals surface area contributed by atoms with Crippen LogP contribution in [0.3, 0.4) is 0 Å². The average Bonchev–Trinajstić information content (AvgIpc) is 3.31. The van der Waals surface area contributed by atoms with Crippen molar-refractivity contribution in [3.63, 3.8) is 0 Å².